The molecule has 1 amide bonds. The highest BCUT2D eigenvalue weighted by atomic mass is 16.7. The highest BCUT2D eigenvalue weighted by Gasteiger charge is 2.17. The predicted octanol–water partition coefficient (Wildman–Crippen LogP) is 5.54. The van der Waals surface area contributed by atoms with Crippen molar-refractivity contribution in [2.45, 2.75) is 26.4 Å². The van der Waals surface area contributed by atoms with Crippen molar-refractivity contribution in [3.63, 3.8) is 0 Å². The van der Waals surface area contributed by atoms with E-state index in [1.54, 1.807) is 17.2 Å². The molecule has 1 aliphatic rings. The Balaban J connectivity index is 1.13. The van der Waals surface area contributed by atoms with Crippen molar-refractivity contribution < 1.29 is 23.9 Å². The first kappa shape index (κ1) is 26.0. The fraction of sp³-hybridized carbons (Fsp3) is 0.188. The summed E-state index contributed by atoms with van der Waals surface area (Å²) >= 11 is 0. The van der Waals surface area contributed by atoms with Gasteiger partial charge >= 0.3 is 5.97 Å². The van der Waals surface area contributed by atoms with Gasteiger partial charge in [-0.25, -0.2) is 0 Å². The molecule has 5 rings (SSSR count). The second-order valence-electron chi connectivity index (χ2n) is 9.33. The molecular formula is C32H30N2O5. The van der Waals surface area contributed by atoms with Gasteiger partial charge in [-0.2, -0.15) is 0 Å². The summed E-state index contributed by atoms with van der Waals surface area (Å²) in [7, 11) is 0. The standard InChI is InChI=1S/C32H30N2O5/c1-23(35)39-34(21-26-11-16-30-31(19-26)38-22-37-30)20-25-9-14-29(15-10-25)32(36)33-18-17-24-7-12-28(13-8-24)27-5-3-2-4-6-27/h2-16,19H,17-18,20-22H2,1H3,(H,33,36). The third kappa shape index (κ3) is 7.03. The number of ether oxygens (including phenoxy) is 2. The SMILES string of the molecule is CC(=O)ON(Cc1ccc(C(=O)NCCc2ccc(-c3ccccc3)cc2)cc1)Cc1ccc2c(c1)OCO2. The molecule has 0 fully saturated rings. The molecule has 0 bridgehead atoms. The topological polar surface area (TPSA) is 77.1 Å². The Labute approximate surface area is 227 Å². The van der Waals surface area contributed by atoms with Crippen LogP contribution in [0.3, 0.4) is 0 Å². The van der Waals surface area contributed by atoms with Crippen molar-refractivity contribution in [2.24, 2.45) is 0 Å². The van der Waals surface area contributed by atoms with Gasteiger partial charge in [0.2, 0.25) is 6.79 Å². The van der Waals surface area contributed by atoms with Gasteiger partial charge in [-0.15, -0.1) is 5.06 Å². The van der Waals surface area contributed by atoms with E-state index in [2.05, 4.69) is 41.7 Å². The highest BCUT2D eigenvalue weighted by molar-refractivity contribution is 5.94. The van der Waals surface area contributed by atoms with Crippen molar-refractivity contribution in [2.75, 3.05) is 13.3 Å². The molecule has 7 nitrogen and oxygen atoms in total. The number of nitrogens with one attached hydrogen (secondary N) is 1. The maximum atomic E-state index is 12.7. The zero-order valence-electron chi connectivity index (χ0n) is 21.8. The molecule has 0 aliphatic carbocycles. The average molecular weight is 523 g/mol. The van der Waals surface area contributed by atoms with Crippen LogP contribution in [0.1, 0.15) is 34.0 Å². The van der Waals surface area contributed by atoms with Crippen molar-refractivity contribution in [3.05, 3.63) is 119 Å². The maximum Gasteiger partial charge on any atom is 0.322 e. The summed E-state index contributed by atoms with van der Waals surface area (Å²) in [4.78, 5) is 29.8. The minimum absolute atomic E-state index is 0.125. The van der Waals surface area contributed by atoms with Crippen molar-refractivity contribution in [1.29, 1.82) is 0 Å². The first-order chi connectivity index (χ1) is 19.0. The molecule has 1 N–H and O–H groups in total. The largest absolute Gasteiger partial charge is 0.454 e. The maximum absolute atomic E-state index is 12.7. The van der Waals surface area contributed by atoms with E-state index >= 15 is 0 Å². The van der Waals surface area contributed by atoms with Crippen LogP contribution < -0.4 is 14.8 Å². The minimum Gasteiger partial charge on any atom is -0.454 e. The van der Waals surface area contributed by atoms with Gasteiger partial charge in [0, 0.05) is 19.0 Å². The summed E-state index contributed by atoms with van der Waals surface area (Å²) < 4.78 is 10.8. The lowest BCUT2D eigenvalue weighted by Crippen LogP contribution is -2.26. The molecule has 7 heteroatoms. The van der Waals surface area contributed by atoms with Crippen LogP contribution in [0.4, 0.5) is 0 Å². The highest BCUT2D eigenvalue weighted by Crippen LogP contribution is 2.33. The zero-order valence-corrected chi connectivity index (χ0v) is 21.8. The molecule has 4 aromatic rings. The van der Waals surface area contributed by atoms with E-state index in [4.69, 9.17) is 14.3 Å². The smallest absolute Gasteiger partial charge is 0.322 e. The Morgan fingerprint density at radius 2 is 1.41 bits per heavy atom. The fourth-order valence-electron chi connectivity index (χ4n) is 4.43. The number of nitrogens with zero attached hydrogens (tertiary/aromatic N) is 1. The molecule has 0 saturated heterocycles. The first-order valence-electron chi connectivity index (χ1n) is 12.9. The quantitative estimate of drug-likeness (QED) is 0.276. The van der Waals surface area contributed by atoms with E-state index in [0.717, 1.165) is 17.5 Å². The predicted molar refractivity (Wildman–Crippen MR) is 148 cm³/mol. The average Bonchev–Trinajstić information content (AvgIpc) is 3.42. The van der Waals surface area contributed by atoms with E-state index in [-0.39, 0.29) is 12.7 Å². The molecular weight excluding hydrogens is 492 g/mol. The second kappa shape index (κ2) is 12.3. The van der Waals surface area contributed by atoms with Crippen LogP contribution in [-0.4, -0.2) is 30.3 Å². The molecule has 39 heavy (non-hydrogen) atoms. The number of carbonyl (C=O) groups excluding carboxylic acids is 2. The third-order valence-corrected chi connectivity index (χ3v) is 6.39. The summed E-state index contributed by atoms with van der Waals surface area (Å²) in [5, 5.41) is 4.57. The van der Waals surface area contributed by atoms with Crippen LogP contribution in [0.5, 0.6) is 11.5 Å². The molecule has 0 unspecified atom stereocenters. The summed E-state index contributed by atoms with van der Waals surface area (Å²) in [6, 6.07) is 31.6. The van der Waals surface area contributed by atoms with E-state index in [1.807, 2.05) is 48.5 Å². The molecule has 198 valence electrons. The lowest BCUT2D eigenvalue weighted by molar-refractivity contribution is -0.194. The minimum atomic E-state index is -0.401. The van der Waals surface area contributed by atoms with Gasteiger partial charge in [-0.1, -0.05) is 72.8 Å². The summed E-state index contributed by atoms with van der Waals surface area (Å²) in [5.41, 5.74) is 5.93. The Bertz CT molecular complexity index is 1420. The monoisotopic (exact) mass is 522 g/mol. The first-order valence-corrected chi connectivity index (χ1v) is 12.9. The second-order valence-corrected chi connectivity index (χ2v) is 9.33. The molecule has 4 aromatic carbocycles. The number of hydroxylamine groups is 2. The molecule has 0 radical (unpaired) electrons. The molecule has 0 atom stereocenters. The third-order valence-electron chi connectivity index (χ3n) is 6.39. The van der Waals surface area contributed by atoms with Crippen LogP contribution in [-0.2, 0) is 29.1 Å². The summed E-state index contributed by atoms with van der Waals surface area (Å²) in [6.45, 7) is 2.87. The van der Waals surface area contributed by atoms with Gasteiger partial charge < -0.3 is 19.6 Å². The Morgan fingerprint density at radius 1 is 0.769 bits per heavy atom. The van der Waals surface area contributed by atoms with Crippen LogP contribution in [0.25, 0.3) is 11.1 Å². The summed E-state index contributed by atoms with van der Waals surface area (Å²) in [5.74, 6) is 0.851. The number of carbonyl (C=O) groups is 2. The molecule has 0 spiro atoms. The summed E-state index contributed by atoms with van der Waals surface area (Å²) in [6.07, 6.45) is 0.746. The van der Waals surface area contributed by atoms with Crippen LogP contribution in [0.15, 0.2) is 97.1 Å². The Hall–Kier alpha value is -4.62. The van der Waals surface area contributed by atoms with Gasteiger partial charge in [-0.05, 0) is 58.5 Å². The lowest BCUT2D eigenvalue weighted by atomic mass is 10.0. The van der Waals surface area contributed by atoms with Crippen molar-refractivity contribution >= 4 is 11.9 Å². The number of rotatable bonds is 10. The Kier molecular flexibility index (Phi) is 8.19. The normalized spacial score (nSPS) is 11.8. The van der Waals surface area contributed by atoms with E-state index < -0.39 is 5.97 Å². The van der Waals surface area contributed by atoms with Gasteiger partial charge in [0.15, 0.2) is 11.5 Å². The number of amides is 1. The fourth-order valence-corrected chi connectivity index (χ4v) is 4.43. The molecule has 0 saturated carbocycles. The van der Waals surface area contributed by atoms with E-state index in [9.17, 15) is 9.59 Å². The van der Waals surface area contributed by atoms with Gasteiger partial charge in [0.25, 0.3) is 5.91 Å². The molecule has 1 heterocycles. The van der Waals surface area contributed by atoms with Crippen molar-refractivity contribution in [1.82, 2.24) is 10.4 Å². The number of benzene rings is 4. The molecule has 1 aliphatic heterocycles. The number of hydrogen-bond acceptors (Lipinski definition) is 6. The number of fused-ring (bicyclic) bond motifs is 1. The van der Waals surface area contributed by atoms with Gasteiger partial charge in [0.05, 0.1) is 13.1 Å². The van der Waals surface area contributed by atoms with Crippen molar-refractivity contribution in [3.8, 4) is 22.6 Å². The lowest BCUT2D eigenvalue weighted by Gasteiger charge is -2.21. The number of hydrogen-bond donors (Lipinski definition) is 1. The molecule has 0 aromatic heterocycles. The Morgan fingerprint density at radius 3 is 2.15 bits per heavy atom. The zero-order chi connectivity index (χ0) is 27.0. The van der Waals surface area contributed by atoms with Gasteiger partial charge in [0.1, 0.15) is 0 Å². The van der Waals surface area contributed by atoms with E-state index in [0.29, 0.717) is 36.7 Å². The van der Waals surface area contributed by atoms with E-state index in [1.165, 1.54) is 23.6 Å². The van der Waals surface area contributed by atoms with Crippen LogP contribution >= 0.6 is 0 Å². The van der Waals surface area contributed by atoms with Crippen LogP contribution in [0, 0.1) is 0 Å². The van der Waals surface area contributed by atoms with Gasteiger partial charge in [-0.3, -0.25) is 9.59 Å². The van der Waals surface area contributed by atoms with Crippen LogP contribution in [0.2, 0.25) is 0 Å².